The highest BCUT2D eigenvalue weighted by Gasteiger charge is 2.48. The Hall–Kier alpha value is 0.480. The molecule has 150 valence electrons. The Morgan fingerprint density at radius 2 is 1.40 bits per heavy atom. The fraction of sp³-hybridized carbons (Fsp3) is 1.00. The van der Waals surface area contributed by atoms with Gasteiger partial charge in [0.15, 0.2) is 0 Å². The topological polar surface area (TPSA) is 225 Å². The monoisotopic (exact) mass is 450 g/mol. The van der Waals surface area contributed by atoms with Gasteiger partial charge in [0, 0.05) is 0 Å². The van der Waals surface area contributed by atoms with E-state index in [4.69, 9.17) is 19.8 Å². The molecule has 0 radical (unpaired) electrons. The molecular weight excluding hydrogens is 432 g/mol. The Labute approximate surface area is 142 Å². The minimum absolute atomic E-state index is 0.158. The lowest BCUT2D eigenvalue weighted by Crippen LogP contribution is -2.07. The van der Waals surface area contributed by atoms with Gasteiger partial charge < -0.3 is 9.79 Å². The number of hydrogen-bond donors (Lipinski definition) is 4. The minimum atomic E-state index is -5.60. The van der Waals surface area contributed by atoms with Crippen LogP contribution in [0.5, 0.6) is 0 Å². The third kappa shape index (κ3) is 8.81. The molecule has 0 amide bonds. The largest absolute Gasteiger partial charge is 0.500 e. The molecule has 1 fully saturated rings. The Morgan fingerprint density at radius 1 is 0.880 bits per heavy atom. The second-order valence-electron chi connectivity index (χ2n) is 4.37. The van der Waals surface area contributed by atoms with Gasteiger partial charge in [-0.15, -0.1) is 0 Å². The molecule has 0 saturated carbocycles. The van der Waals surface area contributed by atoms with Crippen LogP contribution < -0.4 is 11.8 Å². The highest BCUT2D eigenvalue weighted by atomic mass is 31.3. The molecule has 25 heavy (non-hydrogen) atoms. The van der Waals surface area contributed by atoms with Gasteiger partial charge in [0.05, 0.1) is 13.2 Å². The van der Waals surface area contributed by atoms with E-state index in [0.717, 1.165) is 0 Å². The van der Waals surface area contributed by atoms with E-state index < -0.39 is 31.3 Å². The fourth-order valence-electron chi connectivity index (χ4n) is 1.46. The molecule has 15 nitrogen and oxygen atoms in total. The van der Waals surface area contributed by atoms with Crippen molar-refractivity contribution in [2.24, 2.45) is 11.8 Å². The lowest BCUT2D eigenvalue weighted by atomic mass is 10.2. The standard InChI is InChI=1S/C6H18N2O13P4/c7-17-22(9,10)19-23(11,12)20-25(14)16-6-4-2-1-3-5-15-24(13,18-8)21-25/h1-8H2,(H,9,10)(H,11,12). The third-order valence-electron chi connectivity index (χ3n) is 2.41. The van der Waals surface area contributed by atoms with Gasteiger partial charge in [-0.05, 0) is 12.8 Å². The maximum Gasteiger partial charge on any atom is 0.500 e. The normalized spacial score (nSPS) is 34.4. The summed E-state index contributed by atoms with van der Waals surface area (Å²) in [5.41, 5.74) is 0. The summed E-state index contributed by atoms with van der Waals surface area (Å²) < 4.78 is 76.5. The van der Waals surface area contributed by atoms with Crippen LogP contribution in [0.15, 0.2) is 0 Å². The highest BCUT2D eigenvalue weighted by molar-refractivity contribution is 7.70. The second kappa shape index (κ2) is 9.61. The van der Waals surface area contributed by atoms with Crippen molar-refractivity contribution < 1.29 is 59.3 Å². The van der Waals surface area contributed by atoms with Gasteiger partial charge in [0.25, 0.3) is 0 Å². The summed E-state index contributed by atoms with van der Waals surface area (Å²) in [6.07, 6.45) is 1.97. The average Bonchev–Trinajstić information content (AvgIpc) is 2.50. The predicted octanol–water partition coefficient (Wildman–Crippen LogP) is 1.84. The first-order valence-electron chi connectivity index (χ1n) is 6.50. The second-order valence-corrected chi connectivity index (χ2v) is 10.9. The first-order chi connectivity index (χ1) is 11.4. The number of rotatable bonds is 6. The van der Waals surface area contributed by atoms with Crippen molar-refractivity contribution in [2.45, 2.75) is 25.7 Å². The van der Waals surface area contributed by atoms with Gasteiger partial charge in [0.2, 0.25) is 0 Å². The summed E-state index contributed by atoms with van der Waals surface area (Å²) in [7, 11) is -20.7. The summed E-state index contributed by atoms with van der Waals surface area (Å²) in [6.45, 7) is -0.472. The van der Waals surface area contributed by atoms with Crippen molar-refractivity contribution in [2.75, 3.05) is 13.2 Å². The van der Waals surface area contributed by atoms with Crippen LogP contribution in [0.2, 0.25) is 0 Å². The summed E-state index contributed by atoms with van der Waals surface area (Å²) in [5.74, 6) is 9.15. The molecule has 0 aromatic carbocycles. The molecule has 0 bridgehead atoms. The van der Waals surface area contributed by atoms with E-state index in [1.165, 1.54) is 0 Å². The summed E-state index contributed by atoms with van der Waals surface area (Å²) in [4.78, 5) is 18.3. The SMILES string of the molecule is NOP(=O)(O)OP(=O)(O)OP1(=O)OCCCCCCOP(=O)(ON)O1. The molecule has 1 aliphatic heterocycles. The quantitative estimate of drug-likeness (QED) is 0.334. The molecular formula is C6H18N2O13P4. The van der Waals surface area contributed by atoms with Gasteiger partial charge >= 0.3 is 31.3 Å². The van der Waals surface area contributed by atoms with Crippen molar-refractivity contribution in [1.82, 2.24) is 0 Å². The van der Waals surface area contributed by atoms with Crippen LogP contribution in [0.4, 0.5) is 0 Å². The van der Waals surface area contributed by atoms with Crippen molar-refractivity contribution in [3.8, 4) is 0 Å². The molecule has 6 N–H and O–H groups in total. The average molecular weight is 450 g/mol. The summed E-state index contributed by atoms with van der Waals surface area (Å²) in [5, 5.41) is 0. The molecule has 4 atom stereocenters. The lowest BCUT2D eigenvalue weighted by Gasteiger charge is -2.22. The van der Waals surface area contributed by atoms with Crippen LogP contribution in [0.1, 0.15) is 25.7 Å². The maximum atomic E-state index is 12.4. The first-order valence-corrected chi connectivity index (χ1v) is 12.4. The molecule has 19 heteroatoms. The van der Waals surface area contributed by atoms with E-state index >= 15 is 0 Å². The van der Waals surface area contributed by atoms with Crippen molar-refractivity contribution in [3.63, 3.8) is 0 Å². The summed E-state index contributed by atoms with van der Waals surface area (Å²) in [6, 6.07) is 0. The Kier molecular flexibility index (Phi) is 9.04. The Morgan fingerprint density at radius 3 is 1.88 bits per heavy atom. The van der Waals surface area contributed by atoms with E-state index in [0.29, 0.717) is 25.7 Å². The molecule has 1 aliphatic rings. The molecule has 4 unspecified atom stereocenters. The molecule has 0 aromatic rings. The number of nitrogens with two attached hydrogens (primary N) is 2. The number of hydrogen-bond acceptors (Lipinski definition) is 13. The van der Waals surface area contributed by atoms with Gasteiger partial charge in [-0.2, -0.15) is 12.9 Å². The Balaban J connectivity index is 3.02. The van der Waals surface area contributed by atoms with Crippen LogP contribution in [-0.2, 0) is 49.5 Å². The predicted molar refractivity (Wildman–Crippen MR) is 79.0 cm³/mol. The fourth-order valence-corrected chi connectivity index (χ4v) is 6.91. The van der Waals surface area contributed by atoms with Gasteiger partial charge in [-0.25, -0.2) is 39.3 Å². The zero-order valence-electron chi connectivity index (χ0n) is 12.6. The molecule has 0 spiro atoms. The first kappa shape index (κ1) is 23.5. The van der Waals surface area contributed by atoms with E-state index in [1.807, 2.05) is 0 Å². The van der Waals surface area contributed by atoms with Gasteiger partial charge in [-0.1, -0.05) is 12.8 Å². The van der Waals surface area contributed by atoms with Crippen LogP contribution in [0.3, 0.4) is 0 Å². The molecule has 0 aromatic heterocycles. The minimum Gasteiger partial charge on any atom is -0.302 e. The lowest BCUT2D eigenvalue weighted by molar-refractivity contribution is 0.124. The van der Waals surface area contributed by atoms with Gasteiger partial charge in [-0.3, -0.25) is 9.05 Å². The maximum absolute atomic E-state index is 12.4. The zero-order valence-corrected chi connectivity index (χ0v) is 16.1. The molecule has 1 heterocycles. The highest BCUT2D eigenvalue weighted by Crippen LogP contribution is 2.74. The Bertz CT molecular complexity index is 626. The van der Waals surface area contributed by atoms with Crippen LogP contribution in [0, 0.1) is 0 Å². The van der Waals surface area contributed by atoms with E-state index in [1.54, 1.807) is 0 Å². The number of phosphoric acid groups is 4. The van der Waals surface area contributed by atoms with E-state index in [9.17, 15) is 23.2 Å². The van der Waals surface area contributed by atoms with E-state index in [-0.39, 0.29) is 13.2 Å². The molecule has 1 rings (SSSR count). The van der Waals surface area contributed by atoms with Crippen LogP contribution >= 0.6 is 31.3 Å². The summed E-state index contributed by atoms with van der Waals surface area (Å²) >= 11 is 0. The van der Waals surface area contributed by atoms with E-state index in [2.05, 4.69) is 28.1 Å². The molecule has 1 saturated heterocycles. The molecule has 0 aliphatic carbocycles. The van der Waals surface area contributed by atoms with Crippen molar-refractivity contribution in [3.05, 3.63) is 0 Å². The van der Waals surface area contributed by atoms with Crippen LogP contribution in [0.25, 0.3) is 0 Å². The third-order valence-corrected chi connectivity index (χ3v) is 8.81. The zero-order chi connectivity index (χ0) is 19.2. The smallest absolute Gasteiger partial charge is 0.302 e. The van der Waals surface area contributed by atoms with Crippen molar-refractivity contribution >= 4 is 31.3 Å². The van der Waals surface area contributed by atoms with Gasteiger partial charge in [0.1, 0.15) is 0 Å². The van der Waals surface area contributed by atoms with Crippen LogP contribution in [-0.4, -0.2) is 23.0 Å². The van der Waals surface area contributed by atoms with Crippen molar-refractivity contribution in [1.29, 1.82) is 0 Å².